The quantitative estimate of drug-likeness (QED) is 0.885. The standard InChI is InChI=1S/C17H21N3O/c1-3-10-18-15-13-7-5-4-6-12(13)14(11-19-15)16(21)20-17(2)8-9-17/h4-7,11H,3,8-10H2,1-2H3,(H,18,19)(H,20,21). The summed E-state index contributed by atoms with van der Waals surface area (Å²) in [5.74, 6) is 0.822. The van der Waals surface area contributed by atoms with E-state index in [9.17, 15) is 4.79 Å². The summed E-state index contributed by atoms with van der Waals surface area (Å²) in [6, 6.07) is 7.93. The highest BCUT2D eigenvalue weighted by Gasteiger charge is 2.39. The molecule has 1 fully saturated rings. The molecule has 0 bridgehead atoms. The predicted molar refractivity (Wildman–Crippen MR) is 85.6 cm³/mol. The number of rotatable bonds is 5. The normalized spacial score (nSPS) is 15.7. The van der Waals surface area contributed by atoms with E-state index in [0.717, 1.165) is 42.4 Å². The fourth-order valence-corrected chi connectivity index (χ4v) is 2.41. The molecule has 0 aliphatic heterocycles. The van der Waals surface area contributed by atoms with Crippen LogP contribution < -0.4 is 10.6 Å². The van der Waals surface area contributed by atoms with Crippen LogP contribution >= 0.6 is 0 Å². The molecule has 2 aromatic rings. The van der Waals surface area contributed by atoms with E-state index >= 15 is 0 Å². The van der Waals surface area contributed by atoms with Crippen molar-refractivity contribution in [2.45, 2.75) is 38.6 Å². The van der Waals surface area contributed by atoms with Crippen LogP contribution in [-0.2, 0) is 0 Å². The van der Waals surface area contributed by atoms with Crippen molar-refractivity contribution in [2.24, 2.45) is 0 Å². The molecule has 0 saturated heterocycles. The van der Waals surface area contributed by atoms with Gasteiger partial charge in [-0.15, -0.1) is 0 Å². The summed E-state index contributed by atoms with van der Waals surface area (Å²) in [4.78, 5) is 16.9. The van der Waals surface area contributed by atoms with Gasteiger partial charge in [0.25, 0.3) is 5.91 Å². The van der Waals surface area contributed by atoms with E-state index in [1.165, 1.54) is 0 Å². The van der Waals surface area contributed by atoms with E-state index in [2.05, 4.69) is 29.5 Å². The third kappa shape index (κ3) is 2.84. The zero-order valence-electron chi connectivity index (χ0n) is 12.6. The Labute approximate surface area is 125 Å². The van der Waals surface area contributed by atoms with E-state index in [0.29, 0.717) is 5.56 Å². The Hall–Kier alpha value is -2.10. The lowest BCUT2D eigenvalue weighted by Crippen LogP contribution is -2.34. The first-order chi connectivity index (χ1) is 10.1. The molecular weight excluding hydrogens is 262 g/mol. The summed E-state index contributed by atoms with van der Waals surface area (Å²) in [6.07, 6.45) is 4.83. The Kier molecular flexibility index (Phi) is 3.53. The first kappa shape index (κ1) is 13.9. The van der Waals surface area contributed by atoms with Crippen LogP contribution in [0.3, 0.4) is 0 Å². The molecule has 0 unspecified atom stereocenters. The van der Waals surface area contributed by atoms with E-state index < -0.39 is 0 Å². The van der Waals surface area contributed by atoms with Crippen LogP contribution in [0.15, 0.2) is 30.5 Å². The molecule has 110 valence electrons. The summed E-state index contributed by atoms with van der Waals surface area (Å²) in [5, 5.41) is 8.37. The topological polar surface area (TPSA) is 54.0 Å². The number of benzene rings is 1. The molecule has 1 aliphatic rings. The van der Waals surface area contributed by atoms with Gasteiger partial charge in [-0.05, 0) is 31.6 Å². The Balaban J connectivity index is 1.98. The maximum atomic E-state index is 12.5. The van der Waals surface area contributed by atoms with Crippen molar-refractivity contribution in [3.05, 3.63) is 36.0 Å². The third-order valence-electron chi connectivity index (χ3n) is 4.00. The highest BCUT2D eigenvalue weighted by Crippen LogP contribution is 2.35. The molecule has 1 amide bonds. The molecule has 0 radical (unpaired) electrons. The van der Waals surface area contributed by atoms with E-state index in [-0.39, 0.29) is 11.4 Å². The molecular formula is C17H21N3O. The van der Waals surface area contributed by atoms with Gasteiger partial charge >= 0.3 is 0 Å². The summed E-state index contributed by atoms with van der Waals surface area (Å²) in [7, 11) is 0. The monoisotopic (exact) mass is 283 g/mol. The first-order valence-corrected chi connectivity index (χ1v) is 7.57. The zero-order valence-corrected chi connectivity index (χ0v) is 12.6. The number of pyridine rings is 1. The van der Waals surface area contributed by atoms with Crippen LogP contribution in [-0.4, -0.2) is 23.0 Å². The van der Waals surface area contributed by atoms with E-state index in [4.69, 9.17) is 0 Å². The maximum absolute atomic E-state index is 12.5. The number of hydrogen-bond acceptors (Lipinski definition) is 3. The number of hydrogen-bond donors (Lipinski definition) is 2. The Bertz CT molecular complexity index is 677. The van der Waals surface area contributed by atoms with Gasteiger partial charge in [-0.25, -0.2) is 4.98 Å². The van der Waals surface area contributed by atoms with Gasteiger partial charge in [0.1, 0.15) is 5.82 Å². The molecule has 0 atom stereocenters. The summed E-state index contributed by atoms with van der Waals surface area (Å²) in [5.41, 5.74) is 0.637. The number of aromatic nitrogens is 1. The third-order valence-corrected chi connectivity index (χ3v) is 4.00. The lowest BCUT2D eigenvalue weighted by atomic mass is 10.1. The number of carbonyl (C=O) groups excluding carboxylic acids is 1. The van der Waals surface area contributed by atoms with Crippen LogP contribution in [0.25, 0.3) is 10.8 Å². The second-order valence-corrected chi connectivity index (χ2v) is 6.01. The maximum Gasteiger partial charge on any atom is 0.253 e. The largest absolute Gasteiger partial charge is 0.370 e. The Morgan fingerprint density at radius 1 is 1.29 bits per heavy atom. The molecule has 4 heteroatoms. The minimum atomic E-state index is -0.0271. The molecule has 0 spiro atoms. The minimum Gasteiger partial charge on any atom is -0.370 e. The minimum absolute atomic E-state index is 0.0165. The average Bonchev–Trinajstić information content (AvgIpc) is 3.21. The number of anilines is 1. The molecule has 1 aliphatic carbocycles. The van der Waals surface area contributed by atoms with Crippen molar-refractivity contribution < 1.29 is 4.79 Å². The molecule has 3 rings (SSSR count). The van der Waals surface area contributed by atoms with Crippen molar-refractivity contribution >= 4 is 22.5 Å². The smallest absolute Gasteiger partial charge is 0.253 e. The van der Waals surface area contributed by atoms with Crippen molar-refractivity contribution in [3.8, 4) is 0 Å². The fraction of sp³-hybridized carbons (Fsp3) is 0.412. The van der Waals surface area contributed by atoms with Crippen LogP contribution in [0.1, 0.15) is 43.5 Å². The number of nitrogens with zero attached hydrogens (tertiary/aromatic N) is 1. The van der Waals surface area contributed by atoms with Crippen molar-refractivity contribution in [1.29, 1.82) is 0 Å². The lowest BCUT2D eigenvalue weighted by Gasteiger charge is -2.14. The van der Waals surface area contributed by atoms with Gasteiger partial charge in [-0.2, -0.15) is 0 Å². The molecule has 4 nitrogen and oxygen atoms in total. The van der Waals surface area contributed by atoms with Gasteiger partial charge < -0.3 is 10.6 Å². The van der Waals surface area contributed by atoms with Crippen molar-refractivity contribution in [3.63, 3.8) is 0 Å². The molecule has 21 heavy (non-hydrogen) atoms. The average molecular weight is 283 g/mol. The molecule has 1 saturated carbocycles. The predicted octanol–water partition coefficient (Wildman–Crippen LogP) is 3.34. The van der Waals surface area contributed by atoms with Gasteiger partial charge in [0.2, 0.25) is 0 Å². The number of carbonyl (C=O) groups is 1. The Morgan fingerprint density at radius 3 is 2.67 bits per heavy atom. The van der Waals surface area contributed by atoms with Gasteiger partial charge in [0, 0.05) is 23.7 Å². The van der Waals surface area contributed by atoms with Gasteiger partial charge in [0.15, 0.2) is 0 Å². The molecule has 1 aromatic carbocycles. The lowest BCUT2D eigenvalue weighted by molar-refractivity contribution is 0.0937. The number of amides is 1. The number of fused-ring (bicyclic) bond motifs is 1. The van der Waals surface area contributed by atoms with Crippen LogP contribution in [0.4, 0.5) is 5.82 Å². The van der Waals surface area contributed by atoms with E-state index in [1.54, 1.807) is 6.20 Å². The summed E-state index contributed by atoms with van der Waals surface area (Å²) >= 11 is 0. The molecule has 1 aromatic heterocycles. The fourth-order valence-electron chi connectivity index (χ4n) is 2.41. The molecule has 2 N–H and O–H groups in total. The van der Waals surface area contributed by atoms with Crippen LogP contribution in [0, 0.1) is 0 Å². The summed E-state index contributed by atoms with van der Waals surface area (Å²) in [6.45, 7) is 5.08. The highest BCUT2D eigenvalue weighted by molar-refractivity contribution is 6.09. The van der Waals surface area contributed by atoms with Gasteiger partial charge in [0.05, 0.1) is 5.56 Å². The van der Waals surface area contributed by atoms with Gasteiger partial charge in [-0.3, -0.25) is 4.79 Å². The second-order valence-electron chi connectivity index (χ2n) is 6.01. The zero-order chi connectivity index (χ0) is 14.9. The van der Waals surface area contributed by atoms with Crippen LogP contribution in [0.2, 0.25) is 0 Å². The SMILES string of the molecule is CCCNc1ncc(C(=O)NC2(C)CC2)c2ccccc12. The van der Waals surface area contributed by atoms with E-state index in [1.807, 2.05) is 24.3 Å². The van der Waals surface area contributed by atoms with Crippen molar-refractivity contribution in [2.75, 3.05) is 11.9 Å². The molecule has 1 heterocycles. The Morgan fingerprint density at radius 2 is 2.00 bits per heavy atom. The van der Waals surface area contributed by atoms with Crippen LogP contribution in [0.5, 0.6) is 0 Å². The second kappa shape index (κ2) is 5.35. The first-order valence-electron chi connectivity index (χ1n) is 7.57. The number of nitrogens with one attached hydrogen (secondary N) is 2. The van der Waals surface area contributed by atoms with Crippen molar-refractivity contribution in [1.82, 2.24) is 10.3 Å². The van der Waals surface area contributed by atoms with Gasteiger partial charge in [-0.1, -0.05) is 31.2 Å². The summed E-state index contributed by atoms with van der Waals surface area (Å²) < 4.78 is 0. The highest BCUT2D eigenvalue weighted by atomic mass is 16.1.